The van der Waals surface area contributed by atoms with Crippen LogP contribution in [0.5, 0.6) is 0 Å². The first-order chi connectivity index (χ1) is 14.1. The van der Waals surface area contributed by atoms with Crippen molar-refractivity contribution in [2.45, 2.75) is 45.3 Å². The number of urea groups is 1. The van der Waals surface area contributed by atoms with Crippen LogP contribution >= 0.6 is 11.3 Å². The normalized spacial score (nSPS) is 19.2. The van der Waals surface area contributed by atoms with Crippen molar-refractivity contribution in [1.29, 1.82) is 0 Å². The van der Waals surface area contributed by atoms with Gasteiger partial charge in [-0.05, 0) is 39.3 Å². The Bertz CT molecular complexity index is 1000. The highest BCUT2D eigenvalue weighted by Crippen LogP contribution is 2.34. The number of rotatable bonds is 2. The Morgan fingerprint density at radius 2 is 2.07 bits per heavy atom. The number of aromatic nitrogens is 2. The predicted octanol–water partition coefficient (Wildman–Crippen LogP) is 2.42. The van der Waals surface area contributed by atoms with E-state index < -0.39 is 29.5 Å². The van der Waals surface area contributed by atoms with E-state index in [2.05, 4.69) is 15.3 Å². The minimum absolute atomic E-state index is 0.219. The quantitative estimate of drug-likeness (QED) is 0.706. The van der Waals surface area contributed by atoms with Crippen LogP contribution in [-0.4, -0.2) is 63.2 Å². The second-order valence-corrected chi connectivity index (χ2v) is 9.58. The molecule has 4 heterocycles. The number of β-amino-alcohol motifs (C(OH)–C–C–N with tert-alkyl or cyclic N) is 1. The third kappa shape index (κ3) is 4.01. The number of fused-ring (bicyclic) bond motifs is 1. The number of carbonyl (C=O) groups excluding carboxylic acids is 2. The van der Waals surface area contributed by atoms with Gasteiger partial charge in [-0.1, -0.05) is 0 Å². The molecule has 0 unspecified atom stereocenters. The van der Waals surface area contributed by atoms with Gasteiger partial charge in [0, 0.05) is 31.6 Å². The fourth-order valence-electron chi connectivity index (χ4n) is 3.54. The van der Waals surface area contributed by atoms with E-state index in [-0.39, 0.29) is 12.1 Å². The largest absolute Gasteiger partial charge is 0.391 e. The van der Waals surface area contributed by atoms with Crippen molar-refractivity contribution in [2.24, 2.45) is 0 Å². The van der Waals surface area contributed by atoms with Crippen molar-refractivity contribution in [3.63, 3.8) is 0 Å². The number of nitrogens with one attached hydrogen (secondary N) is 1. The molecule has 0 spiro atoms. The number of amides is 3. The first-order valence-electron chi connectivity index (χ1n) is 9.86. The highest BCUT2D eigenvalue weighted by atomic mass is 32.1. The molecule has 2 N–H and O–H groups in total. The van der Waals surface area contributed by atoms with Gasteiger partial charge in [0.1, 0.15) is 15.7 Å². The lowest BCUT2D eigenvalue weighted by atomic mass is 10.1. The third-order valence-corrected chi connectivity index (χ3v) is 6.11. The minimum atomic E-state index is -0.672. The van der Waals surface area contributed by atoms with Gasteiger partial charge in [0.05, 0.1) is 17.4 Å². The van der Waals surface area contributed by atoms with Gasteiger partial charge >= 0.3 is 6.03 Å². The Morgan fingerprint density at radius 1 is 1.30 bits per heavy atom. The molecule has 1 fully saturated rings. The number of aliphatic hydroxyl groups is 1. The number of carbonyl (C=O) groups is 2. The van der Waals surface area contributed by atoms with Crippen LogP contribution in [0.2, 0.25) is 0 Å². The van der Waals surface area contributed by atoms with Crippen LogP contribution in [0.4, 0.5) is 15.0 Å². The average molecular weight is 434 g/mol. The summed E-state index contributed by atoms with van der Waals surface area (Å²) in [5, 5.41) is 12.8. The van der Waals surface area contributed by atoms with Gasteiger partial charge in [-0.15, -0.1) is 11.3 Å². The number of hydrogen-bond acceptors (Lipinski definition) is 7. The van der Waals surface area contributed by atoms with E-state index in [9.17, 15) is 19.1 Å². The van der Waals surface area contributed by atoms with E-state index in [4.69, 9.17) is 0 Å². The maximum Gasteiger partial charge on any atom is 0.324 e. The lowest BCUT2D eigenvalue weighted by Crippen LogP contribution is -2.52. The maximum absolute atomic E-state index is 14.7. The summed E-state index contributed by atoms with van der Waals surface area (Å²) in [5.74, 6) is -0.622. The second-order valence-electron chi connectivity index (χ2n) is 8.58. The number of aliphatic hydroxyl groups excluding tert-OH is 1. The van der Waals surface area contributed by atoms with Crippen LogP contribution in [0.3, 0.4) is 0 Å². The molecular formula is C20H24FN5O3S. The number of hydrogen-bond donors (Lipinski definition) is 2. The number of halogens is 1. The summed E-state index contributed by atoms with van der Waals surface area (Å²) in [7, 11) is 0. The maximum atomic E-state index is 14.7. The summed E-state index contributed by atoms with van der Waals surface area (Å²) in [5.41, 5.74) is 0.334. The molecule has 10 heteroatoms. The van der Waals surface area contributed by atoms with Gasteiger partial charge in [-0.2, -0.15) is 4.39 Å². The number of nitrogens with zero attached hydrogens (tertiary/aromatic N) is 4. The van der Waals surface area contributed by atoms with Crippen LogP contribution in [0.1, 0.15) is 42.6 Å². The Balaban J connectivity index is 1.57. The zero-order valence-electron chi connectivity index (χ0n) is 17.1. The molecule has 0 radical (unpaired) electrons. The lowest BCUT2D eigenvalue weighted by Gasteiger charge is -2.28. The molecule has 2 aromatic heterocycles. The summed E-state index contributed by atoms with van der Waals surface area (Å²) in [6.45, 7) is 6.82. The molecule has 0 bridgehead atoms. The molecule has 2 aromatic rings. The van der Waals surface area contributed by atoms with Gasteiger partial charge < -0.3 is 15.3 Å². The Hall–Kier alpha value is -2.59. The first-order valence-corrected chi connectivity index (χ1v) is 10.7. The fraction of sp³-hybridized carbons (Fsp3) is 0.500. The molecule has 4 rings (SSSR count). The van der Waals surface area contributed by atoms with Crippen LogP contribution in [0.15, 0.2) is 12.1 Å². The zero-order chi connectivity index (χ0) is 21.6. The summed E-state index contributed by atoms with van der Waals surface area (Å²) >= 11 is 1.07. The highest BCUT2D eigenvalue weighted by molar-refractivity contribution is 7.17. The molecule has 0 saturated carbocycles. The highest BCUT2D eigenvalue weighted by Gasteiger charge is 2.34. The molecular weight excluding hydrogens is 409 g/mol. The number of thiazole rings is 1. The van der Waals surface area contributed by atoms with Crippen LogP contribution in [0.25, 0.3) is 10.6 Å². The summed E-state index contributed by atoms with van der Waals surface area (Å²) in [6.07, 6.45) is 0.629. The van der Waals surface area contributed by atoms with Gasteiger partial charge in [-0.25, -0.2) is 14.8 Å². The van der Waals surface area contributed by atoms with Crippen molar-refractivity contribution in [1.82, 2.24) is 20.2 Å². The van der Waals surface area contributed by atoms with Crippen molar-refractivity contribution < 1.29 is 19.1 Å². The first kappa shape index (κ1) is 20.7. The Morgan fingerprint density at radius 3 is 2.70 bits per heavy atom. The zero-order valence-corrected chi connectivity index (χ0v) is 17.9. The van der Waals surface area contributed by atoms with Crippen LogP contribution < -0.4 is 10.2 Å². The van der Waals surface area contributed by atoms with E-state index in [1.165, 1.54) is 4.90 Å². The summed E-state index contributed by atoms with van der Waals surface area (Å²) in [6, 6.07) is 2.85. The number of pyridine rings is 1. The average Bonchev–Trinajstić information content (AvgIpc) is 3.27. The smallest absolute Gasteiger partial charge is 0.324 e. The molecule has 1 saturated heterocycles. The molecule has 8 nitrogen and oxygen atoms in total. The molecule has 160 valence electrons. The standard InChI is InChI=1S/C20H24FN5O3S/c1-20(2,3)24-19(29)26-9-7-13-15(18(26)28)30-17(22-13)12-4-5-14(23-16(12)21)25-8-6-11(27)10-25/h4-5,11,27H,6-10H2,1-3H3,(H,24,29)/t11-/m0/s1. The summed E-state index contributed by atoms with van der Waals surface area (Å²) < 4.78 is 14.7. The molecule has 2 aliphatic rings. The summed E-state index contributed by atoms with van der Waals surface area (Å²) in [4.78, 5) is 37.1. The number of anilines is 1. The van der Waals surface area contributed by atoms with Crippen molar-refractivity contribution in [3.05, 3.63) is 28.7 Å². The molecule has 30 heavy (non-hydrogen) atoms. The van der Waals surface area contributed by atoms with Crippen LogP contribution in [-0.2, 0) is 6.42 Å². The van der Waals surface area contributed by atoms with E-state index in [1.807, 2.05) is 25.7 Å². The van der Waals surface area contributed by atoms with Gasteiger partial charge in [0.25, 0.3) is 5.91 Å². The predicted molar refractivity (Wildman–Crippen MR) is 111 cm³/mol. The minimum Gasteiger partial charge on any atom is -0.391 e. The Kier molecular flexibility index (Phi) is 5.23. The van der Waals surface area contributed by atoms with Gasteiger partial charge in [0.15, 0.2) is 0 Å². The van der Waals surface area contributed by atoms with E-state index in [0.717, 1.165) is 11.3 Å². The van der Waals surface area contributed by atoms with E-state index in [1.54, 1.807) is 12.1 Å². The van der Waals surface area contributed by atoms with Gasteiger partial charge in [0.2, 0.25) is 5.95 Å². The van der Waals surface area contributed by atoms with Crippen LogP contribution in [0, 0.1) is 5.95 Å². The second kappa shape index (κ2) is 7.59. The van der Waals surface area contributed by atoms with Gasteiger partial charge in [-0.3, -0.25) is 9.69 Å². The van der Waals surface area contributed by atoms with Crippen molar-refractivity contribution in [2.75, 3.05) is 24.5 Å². The fourth-order valence-corrected chi connectivity index (χ4v) is 4.61. The molecule has 0 aromatic carbocycles. The lowest BCUT2D eigenvalue weighted by molar-refractivity contribution is 0.0785. The molecule has 1 atom stereocenters. The topological polar surface area (TPSA) is 98.7 Å². The van der Waals surface area contributed by atoms with E-state index >= 15 is 0 Å². The van der Waals surface area contributed by atoms with Crippen molar-refractivity contribution in [3.8, 4) is 10.6 Å². The molecule has 3 amide bonds. The SMILES string of the molecule is CC(C)(C)NC(=O)N1CCc2nc(-c3ccc(N4CC[C@H](O)C4)nc3F)sc2C1=O. The molecule has 2 aliphatic heterocycles. The third-order valence-electron chi connectivity index (χ3n) is 4.99. The van der Waals surface area contributed by atoms with E-state index in [0.29, 0.717) is 47.3 Å². The van der Waals surface area contributed by atoms with Crippen molar-refractivity contribution >= 4 is 29.1 Å². The monoisotopic (exact) mass is 433 g/mol. The molecule has 0 aliphatic carbocycles. The Labute approximate surface area is 177 Å². The number of imide groups is 1.